The number of hydrogen-bond donors (Lipinski definition) is 1. The number of aromatic nitrogens is 1. The zero-order valence-electron chi connectivity index (χ0n) is 15.1. The smallest absolute Gasteiger partial charge is 0.409 e. The van der Waals surface area contributed by atoms with E-state index in [1.807, 2.05) is 6.92 Å². The Hall–Kier alpha value is -2.35. The molecule has 2 saturated heterocycles. The third-order valence-corrected chi connectivity index (χ3v) is 4.68. The van der Waals surface area contributed by atoms with Crippen molar-refractivity contribution in [2.75, 3.05) is 51.3 Å². The predicted octanol–water partition coefficient (Wildman–Crippen LogP) is 1.59. The van der Waals surface area contributed by atoms with Crippen molar-refractivity contribution in [2.45, 2.75) is 25.8 Å². The molecule has 2 fully saturated rings. The van der Waals surface area contributed by atoms with E-state index in [2.05, 4.69) is 10.3 Å². The molecule has 3 rings (SSSR count). The number of carbonyl (C=O) groups is 2. The molecule has 0 unspecified atom stereocenters. The third-order valence-electron chi connectivity index (χ3n) is 4.68. The third kappa shape index (κ3) is 4.63. The summed E-state index contributed by atoms with van der Waals surface area (Å²) >= 11 is 0. The van der Waals surface area contributed by atoms with E-state index in [4.69, 9.17) is 9.47 Å². The number of piperidine rings is 1. The van der Waals surface area contributed by atoms with E-state index in [9.17, 15) is 9.59 Å². The highest BCUT2D eigenvalue weighted by Crippen LogP contribution is 2.17. The van der Waals surface area contributed by atoms with Crippen molar-refractivity contribution in [3.8, 4) is 0 Å². The number of ether oxygens (including phenoxy) is 2. The molecular formula is C18H26N4O4. The lowest BCUT2D eigenvalue weighted by atomic mass is 10.1. The highest BCUT2D eigenvalue weighted by atomic mass is 16.6. The van der Waals surface area contributed by atoms with Crippen LogP contribution in [0.25, 0.3) is 0 Å². The minimum atomic E-state index is -0.248. The molecule has 1 N–H and O–H groups in total. The summed E-state index contributed by atoms with van der Waals surface area (Å²) in [5.74, 6) is 0.703. The van der Waals surface area contributed by atoms with Gasteiger partial charge in [0.2, 0.25) is 0 Å². The van der Waals surface area contributed by atoms with Gasteiger partial charge in [-0.2, -0.15) is 0 Å². The molecule has 1 aromatic heterocycles. The Morgan fingerprint density at radius 2 is 1.96 bits per heavy atom. The number of amides is 2. The average molecular weight is 362 g/mol. The molecule has 2 amide bonds. The molecule has 0 aromatic carbocycles. The Kier molecular flexibility index (Phi) is 6.27. The van der Waals surface area contributed by atoms with Gasteiger partial charge in [0.1, 0.15) is 5.82 Å². The van der Waals surface area contributed by atoms with Crippen LogP contribution >= 0.6 is 0 Å². The van der Waals surface area contributed by atoms with Crippen LogP contribution in [0.5, 0.6) is 0 Å². The molecule has 8 nitrogen and oxygen atoms in total. The van der Waals surface area contributed by atoms with Gasteiger partial charge in [0, 0.05) is 44.0 Å². The number of nitrogens with zero attached hydrogens (tertiary/aromatic N) is 3. The molecule has 8 heteroatoms. The fourth-order valence-electron chi connectivity index (χ4n) is 3.22. The number of hydrogen-bond acceptors (Lipinski definition) is 6. The lowest BCUT2D eigenvalue weighted by molar-refractivity contribution is 0.0303. The molecule has 3 heterocycles. The highest BCUT2D eigenvalue weighted by molar-refractivity contribution is 5.94. The van der Waals surface area contributed by atoms with E-state index in [-0.39, 0.29) is 18.0 Å². The second-order valence-corrected chi connectivity index (χ2v) is 6.44. The van der Waals surface area contributed by atoms with Crippen LogP contribution in [0.2, 0.25) is 0 Å². The largest absolute Gasteiger partial charge is 0.450 e. The fraction of sp³-hybridized carbons (Fsp3) is 0.611. The first kappa shape index (κ1) is 18.4. The highest BCUT2D eigenvalue weighted by Gasteiger charge is 2.24. The van der Waals surface area contributed by atoms with Crippen molar-refractivity contribution in [3.05, 3.63) is 23.9 Å². The van der Waals surface area contributed by atoms with Gasteiger partial charge >= 0.3 is 6.09 Å². The second kappa shape index (κ2) is 8.84. The summed E-state index contributed by atoms with van der Waals surface area (Å²) in [5, 5.41) is 3.39. The molecule has 0 radical (unpaired) electrons. The fourth-order valence-corrected chi connectivity index (χ4v) is 3.22. The Balaban J connectivity index is 1.54. The molecule has 26 heavy (non-hydrogen) atoms. The number of anilines is 1. The minimum Gasteiger partial charge on any atom is -0.450 e. The van der Waals surface area contributed by atoms with Gasteiger partial charge in [-0.1, -0.05) is 0 Å². The normalized spacial score (nSPS) is 18.5. The predicted molar refractivity (Wildman–Crippen MR) is 96.2 cm³/mol. The number of likely N-dealkylation sites (tertiary alicyclic amines) is 1. The maximum absolute atomic E-state index is 12.6. The summed E-state index contributed by atoms with van der Waals surface area (Å²) in [6.45, 7) is 5.92. The van der Waals surface area contributed by atoms with Crippen molar-refractivity contribution < 1.29 is 19.1 Å². The maximum Gasteiger partial charge on any atom is 0.409 e. The Morgan fingerprint density at radius 1 is 1.23 bits per heavy atom. The first-order valence-electron chi connectivity index (χ1n) is 9.18. The number of carbonyl (C=O) groups excluding carboxylic acids is 2. The first-order chi connectivity index (χ1) is 12.7. The van der Waals surface area contributed by atoms with Gasteiger partial charge in [-0.3, -0.25) is 4.79 Å². The lowest BCUT2D eigenvalue weighted by Gasteiger charge is -2.32. The van der Waals surface area contributed by atoms with Gasteiger partial charge in [0.05, 0.1) is 19.8 Å². The van der Waals surface area contributed by atoms with Crippen molar-refractivity contribution in [2.24, 2.45) is 0 Å². The number of nitrogens with one attached hydrogen (secondary N) is 1. The number of pyridine rings is 1. The summed E-state index contributed by atoms with van der Waals surface area (Å²) in [6.07, 6.45) is 3.05. The molecule has 0 bridgehead atoms. The van der Waals surface area contributed by atoms with E-state index in [1.54, 1.807) is 28.1 Å². The average Bonchev–Trinajstić information content (AvgIpc) is 2.69. The van der Waals surface area contributed by atoms with Crippen LogP contribution in [0.4, 0.5) is 10.6 Å². The standard InChI is InChI=1S/C18H26N4O4/c1-2-26-18(24)22-7-4-15(5-8-22)20-16-13-14(3-6-19-16)17(23)21-9-11-25-12-10-21/h3,6,13,15H,2,4-5,7-12H2,1H3,(H,19,20). The molecule has 142 valence electrons. The van der Waals surface area contributed by atoms with Gasteiger partial charge in [0.15, 0.2) is 0 Å². The van der Waals surface area contributed by atoms with E-state index in [0.717, 1.165) is 12.8 Å². The van der Waals surface area contributed by atoms with Gasteiger partial charge < -0.3 is 24.6 Å². The van der Waals surface area contributed by atoms with E-state index in [1.165, 1.54) is 0 Å². The van der Waals surface area contributed by atoms with Gasteiger partial charge in [-0.15, -0.1) is 0 Å². The maximum atomic E-state index is 12.6. The topological polar surface area (TPSA) is 84.0 Å². The zero-order valence-corrected chi connectivity index (χ0v) is 15.1. The zero-order chi connectivity index (χ0) is 18.4. The monoisotopic (exact) mass is 362 g/mol. The van der Waals surface area contributed by atoms with Crippen LogP contribution in [-0.4, -0.2) is 78.8 Å². The Morgan fingerprint density at radius 3 is 2.65 bits per heavy atom. The van der Waals surface area contributed by atoms with Crippen LogP contribution in [0.1, 0.15) is 30.1 Å². The van der Waals surface area contributed by atoms with Crippen molar-refractivity contribution >= 4 is 17.8 Å². The van der Waals surface area contributed by atoms with Crippen molar-refractivity contribution in [1.29, 1.82) is 0 Å². The van der Waals surface area contributed by atoms with Crippen molar-refractivity contribution in [3.63, 3.8) is 0 Å². The Labute approximate surface area is 153 Å². The molecule has 0 spiro atoms. The van der Waals surface area contributed by atoms with Crippen LogP contribution in [0.15, 0.2) is 18.3 Å². The number of morpholine rings is 1. The minimum absolute atomic E-state index is 0.0101. The van der Waals surface area contributed by atoms with E-state index < -0.39 is 0 Å². The van der Waals surface area contributed by atoms with E-state index >= 15 is 0 Å². The summed E-state index contributed by atoms with van der Waals surface area (Å²) < 4.78 is 10.3. The quantitative estimate of drug-likeness (QED) is 0.876. The molecular weight excluding hydrogens is 336 g/mol. The van der Waals surface area contributed by atoms with Crippen LogP contribution in [-0.2, 0) is 9.47 Å². The van der Waals surface area contributed by atoms with E-state index in [0.29, 0.717) is 57.4 Å². The van der Waals surface area contributed by atoms with Crippen molar-refractivity contribution in [1.82, 2.24) is 14.8 Å². The summed E-state index contributed by atoms with van der Waals surface area (Å²) in [4.78, 5) is 32.2. The molecule has 2 aliphatic heterocycles. The van der Waals surface area contributed by atoms with Gasteiger partial charge in [-0.25, -0.2) is 9.78 Å². The van der Waals surface area contributed by atoms with Crippen LogP contribution < -0.4 is 5.32 Å². The molecule has 0 aliphatic carbocycles. The molecule has 0 atom stereocenters. The summed E-state index contributed by atoms with van der Waals surface area (Å²) in [6, 6.07) is 3.77. The Bertz CT molecular complexity index is 625. The lowest BCUT2D eigenvalue weighted by Crippen LogP contribution is -2.42. The van der Waals surface area contributed by atoms with Crippen LogP contribution in [0, 0.1) is 0 Å². The number of rotatable bonds is 4. The van der Waals surface area contributed by atoms with Gasteiger partial charge in [0.25, 0.3) is 5.91 Å². The van der Waals surface area contributed by atoms with Crippen LogP contribution in [0.3, 0.4) is 0 Å². The SMILES string of the molecule is CCOC(=O)N1CCC(Nc2cc(C(=O)N3CCOCC3)ccn2)CC1. The molecule has 1 aromatic rings. The first-order valence-corrected chi connectivity index (χ1v) is 9.18. The summed E-state index contributed by atoms with van der Waals surface area (Å²) in [5.41, 5.74) is 0.633. The summed E-state index contributed by atoms with van der Waals surface area (Å²) in [7, 11) is 0. The second-order valence-electron chi connectivity index (χ2n) is 6.44. The van der Waals surface area contributed by atoms with Gasteiger partial charge in [-0.05, 0) is 31.9 Å². The molecule has 0 saturated carbocycles. The molecule has 2 aliphatic rings.